The molecule has 1 atom stereocenters. The third-order valence-corrected chi connectivity index (χ3v) is 4.17. The lowest BCUT2D eigenvalue weighted by Gasteiger charge is -2.30. The van der Waals surface area contributed by atoms with Crippen LogP contribution in [0.15, 0.2) is 23.1 Å². The van der Waals surface area contributed by atoms with Crippen LogP contribution in [-0.4, -0.2) is 48.4 Å². The SMILES string of the molecule is CCC1CN(C)CCCN1C(=O)c1ccc(F)c(S)c1. The molecule has 0 bridgehead atoms. The van der Waals surface area contributed by atoms with Crippen molar-refractivity contribution in [3.63, 3.8) is 0 Å². The summed E-state index contributed by atoms with van der Waals surface area (Å²) in [6.07, 6.45) is 1.89. The summed E-state index contributed by atoms with van der Waals surface area (Å²) >= 11 is 4.05. The number of nitrogens with zero attached hydrogens (tertiary/aromatic N) is 2. The van der Waals surface area contributed by atoms with Crippen LogP contribution in [0.2, 0.25) is 0 Å². The Morgan fingerprint density at radius 1 is 1.45 bits per heavy atom. The van der Waals surface area contributed by atoms with E-state index in [1.807, 2.05) is 4.90 Å². The predicted octanol–water partition coefficient (Wildman–Crippen LogP) is 2.67. The van der Waals surface area contributed by atoms with E-state index in [2.05, 4.69) is 31.5 Å². The third-order valence-electron chi connectivity index (χ3n) is 3.83. The molecule has 3 nitrogen and oxygen atoms in total. The number of thiol groups is 1. The normalized spacial score (nSPS) is 20.8. The summed E-state index contributed by atoms with van der Waals surface area (Å²) in [5.74, 6) is -0.421. The van der Waals surface area contributed by atoms with E-state index in [0.717, 1.165) is 32.5 Å². The molecule has 1 aromatic rings. The van der Waals surface area contributed by atoms with Crippen LogP contribution in [-0.2, 0) is 0 Å². The minimum Gasteiger partial charge on any atom is -0.334 e. The second-order valence-corrected chi connectivity index (χ2v) is 5.82. The molecule has 20 heavy (non-hydrogen) atoms. The van der Waals surface area contributed by atoms with Gasteiger partial charge >= 0.3 is 0 Å². The smallest absolute Gasteiger partial charge is 0.254 e. The number of amides is 1. The van der Waals surface area contributed by atoms with Crippen molar-refractivity contribution in [2.45, 2.75) is 30.7 Å². The van der Waals surface area contributed by atoms with Crippen molar-refractivity contribution in [3.05, 3.63) is 29.6 Å². The van der Waals surface area contributed by atoms with Gasteiger partial charge in [0.1, 0.15) is 5.82 Å². The zero-order valence-electron chi connectivity index (χ0n) is 12.0. The minimum absolute atomic E-state index is 0.0255. The summed E-state index contributed by atoms with van der Waals surface area (Å²) in [6.45, 7) is 4.73. The van der Waals surface area contributed by atoms with Gasteiger partial charge in [0, 0.05) is 29.6 Å². The van der Waals surface area contributed by atoms with Crippen molar-refractivity contribution in [3.8, 4) is 0 Å². The number of carbonyl (C=O) groups excluding carboxylic acids is 1. The Hall–Kier alpha value is -1.07. The molecule has 1 aromatic carbocycles. The molecule has 1 aliphatic rings. The van der Waals surface area contributed by atoms with Crippen LogP contribution >= 0.6 is 12.6 Å². The van der Waals surface area contributed by atoms with E-state index < -0.39 is 5.82 Å². The number of hydrogen-bond donors (Lipinski definition) is 1. The minimum atomic E-state index is -0.396. The Morgan fingerprint density at radius 3 is 2.85 bits per heavy atom. The topological polar surface area (TPSA) is 23.6 Å². The standard InChI is InChI=1S/C15H21FN2OS/c1-3-12-10-17(2)7-4-8-18(12)15(19)11-5-6-13(16)14(20)9-11/h5-6,9,12,20H,3-4,7-8,10H2,1-2H3. The van der Waals surface area contributed by atoms with Crippen LogP contribution in [0.1, 0.15) is 30.1 Å². The molecule has 1 amide bonds. The summed E-state index contributed by atoms with van der Waals surface area (Å²) in [5.41, 5.74) is 0.513. The van der Waals surface area contributed by atoms with Gasteiger partial charge in [-0.25, -0.2) is 4.39 Å². The van der Waals surface area contributed by atoms with Gasteiger partial charge in [-0.15, -0.1) is 12.6 Å². The van der Waals surface area contributed by atoms with Gasteiger partial charge in [0.05, 0.1) is 0 Å². The van der Waals surface area contributed by atoms with Crippen molar-refractivity contribution >= 4 is 18.5 Å². The number of hydrogen-bond acceptors (Lipinski definition) is 3. The highest BCUT2D eigenvalue weighted by Crippen LogP contribution is 2.19. The summed E-state index contributed by atoms with van der Waals surface area (Å²) in [6, 6.07) is 4.57. The van der Waals surface area contributed by atoms with Crippen molar-refractivity contribution in [1.82, 2.24) is 9.80 Å². The molecular formula is C15H21FN2OS. The van der Waals surface area contributed by atoms with Crippen LogP contribution in [0, 0.1) is 5.82 Å². The lowest BCUT2D eigenvalue weighted by Crippen LogP contribution is -2.43. The van der Waals surface area contributed by atoms with E-state index in [-0.39, 0.29) is 16.8 Å². The fourth-order valence-electron chi connectivity index (χ4n) is 2.67. The van der Waals surface area contributed by atoms with E-state index >= 15 is 0 Å². The van der Waals surface area contributed by atoms with Gasteiger partial charge in [-0.2, -0.15) is 0 Å². The fourth-order valence-corrected chi connectivity index (χ4v) is 2.89. The Morgan fingerprint density at radius 2 is 2.20 bits per heavy atom. The molecule has 1 aliphatic heterocycles. The number of rotatable bonds is 2. The van der Waals surface area contributed by atoms with E-state index in [0.29, 0.717) is 5.56 Å². The van der Waals surface area contributed by atoms with Gasteiger partial charge in [0.25, 0.3) is 5.91 Å². The van der Waals surface area contributed by atoms with Crippen molar-refractivity contribution in [2.75, 3.05) is 26.7 Å². The molecule has 1 heterocycles. The molecule has 0 aliphatic carbocycles. The van der Waals surface area contributed by atoms with E-state index in [1.54, 1.807) is 6.07 Å². The van der Waals surface area contributed by atoms with Gasteiger partial charge in [-0.3, -0.25) is 4.79 Å². The van der Waals surface area contributed by atoms with Gasteiger partial charge in [0.2, 0.25) is 0 Å². The van der Waals surface area contributed by atoms with Crippen LogP contribution in [0.5, 0.6) is 0 Å². The lowest BCUT2D eigenvalue weighted by atomic mass is 10.1. The molecule has 1 saturated heterocycles. The van der Waals surface area contributed by atoms with E-state index in [1.165, 1.54) is 12.1 Å². The lowest BCUT2D eigenvalue weighted by molar-refractivity contribution is 0.0675. The average Bonchev–Trinajstić information content (AvgIpc) is 2.62. The molecule has 0 N–H and O–H groups in total. The number of halogens is 1. The van der Waals surface area contributed by atoms with Gasteiger partial charge in [0.15, 0.2) is 0 Å². The molecule has 2 rings (SSSR count). The first-order valence-electron chi connectivity index (χ1n) is 7.01. The van der Waals surface area contributed by atoms with Crippen LogP contribution in [0.3, 0.4) is 0 Å². The summed E-state index contributed by atoms with van der Waals surface area (Å²) < 4.78 is 13.3. The average molecular weight is 296 g/mol. The quantitative estimate of drug-likeness (QED) is 0.848. The molecular weight excluding hydrogens is 275 g/mol. The van der Waals surface area contributed by atoms with Crippen LogP contribution < -0.4 is 0 Å². The van der Waals surface area contributed by atoms with Gasteiger partial charge in [-0.1, -0.05) is 6.92 Å². The maximum Gasteiger partial charge on any atom is 0.254 e. The molecule has 0 spiro atoms. The van der Waals surface area contributed by atoms with Crippen molar-refractivity contribution < 1.29 is 9.18 Å². The molecule has 0 radical (unpaired) electrons. The first-order valence-corrected chi connectivity index (χ1v) is 7.45. The third kappa shape index (κ3) is 3.33. The molecule has 0 saturated carbocycles. The maximum atomic E-state index is 13.3. The molecule has 5 heteroatoms. The zero-order chi connectivity index (χ0) is 14.7. The first-order chi connectivity index (χ1) is 9.52. The molecule has 1 fully saturated rings. The van der Waals surface area contributed by atoms with Crippen LogP contribution in [0.25, 0.3) is 0 Å². The molecule has 0 aromatic heterocycles. The van der Waals surface area contributed by atoms with E-state index in [4.69, 9.17) is 0 Å². The molecule has 110 valence electrons. The maximum absolute atomic E-state index is 13.3. The van der Waals surface area contributed by atoms with Gasteiger partial charge < -0.3 is 9.80 Å². The van der Waals surface area contributed by atoms with Crippen molar-refractivity contribution in [1.29, 1.82) is 0 Å². The predicted molar refractivity (Wildman–Crippen MR) is 80.9 cm³/mol. The molecule has 1 unspecified atom stereocenters. The number of carbonyl (C=O) groups is 1. The largest absolute Gasteiger partial charge is 0.334 e. The first kappa shape index (κ1) is 15.3. The summed E-state index contributed by atoms with van der Waals surface area (Å²) in [4.78, 5) is 17.0. The highest BCUT2D eigenvalue weighted by molar-refractivity contribution is 7.80. The Bertz CT molecular complexity index is 495. The van der Waals surface area contributed by atoms with Crippen molar-refractivity contribution in [2.24, 2.45) is 0 Å². The Balaban J connectivity index is 2.23. The summed E-state index contributed by atoms with van der Waals surface area (Å²) in [5, 5.41) is 0. The van der Waals surface area contributed by atoms with E-state index in [9.17, 15) is 9.18 Å². The Labute approximate surface area is 125 Å². The highest BCUT2D eigenvalue weighted by Gasteiger charge is 2.27. The monoisotopic (exact) mass is 296 g/mol. The number of benzene rings is 1. The highest BCUT2D eigenvalue weighted by atomic mass is 32.1. The Kier molecular flexibility index (Phi) is 5.05. The number of likely N-dealkylation sites (N-methyl/N-ethyl adjacent to an activating group) is 1. The fraction of sp³-hybridized carbons (Fsp3) is 0.533. The zero-order valence-corrected chi connectivity index (χ0v) is 12.9. The van der Waals surface area contributed by atoms with Crippen LogP contribution in [0.4, 0.5) is 4.39 Å². The second kappa shape index (κ2) is 6.59. The second-order valence-electron chi connectivity index (χ2n) is 5.34. The summed E-state index contributed by atoms with van der Waals surface area (Å²) in [7, 11) is 2.08. The van der Waals surface area contributed by atoms with Gasteiger partial charge in [-0.05, 0) is 44.6 Å².